The van der Waals surface area contributed by atoms with E-state index in [0.29, 0.717) is 18.8 Å². The molecule has 2 unspecified atom stereocenters. The summed E-state index contributed by atoms with van der Waals surface area (Å²) in [6, 6.07) is 1.16. The Hall–Kier alpha value is -1.37. The van der Waals surface area contributed by atoms with E-state index in [1.807, 2.05) is 4.90 Å². The van der Waals surface area contributed by atoms with Gasteiger partial charge in [-0.25, -0.2) is 4.39 Å². The van der Waals surface area contributed by atoms with Gasteiger partial charge in [0.15, 0.2) is 0 Å². The molecule has 2 saturated heterocycles. The smallest absolute Gasteiger partial charge is 0.367 e. The van der Waals surface area contributed by atoms with Gasteiger partial charge in [0.05, 0.1) is 24.6 Å². The van der Waals surface area contributed by atoms with E-state index in [-0.39, 0.29) is 12.1 Å². The first-order valence-electron chi connectivity index (χ1n) is 6.60. The molecule has 1 aromatic heterocycles. The molecule has 20 heavy (non-hydrogen) atoms. The summed E-state index contributed by atoms with van der Waals surface area (Å²) >= 11 is 0. The highest BCUT2D eigenvalue weighted by molar-refractivity contribution is 5.45. The van der Waals surface area contributed by atoms with E-state index < -0.39 is 18.5 Å². The van der Waals surface area contributed by atoms with E-state index in [0.717, 1.165) is 19.0 Å². The monoisotopic (exact) mass is 289 g/mol. The molecule has 3 rings (SSSR count). The molecule has 7 heteroatoms. The Morgan fingerprint density at radius 1 is 1.15 bits per heavy atom. The Morgan fingerprint density at radius 3 is 2.35 bits per heavy atom. The molecule has 1 aromatic rings. The number of aromatic nitrogens is 1. The van der Waals surface area contributed by atoms with Crippen LogP contribution in [0, 0.1) is 5.82 Å². The Labute approximate surface area is 114 Å². The third-order valence-corrected chi connectivity index (χ3v) is 4.05. The Kier molecular flexibility index (Phi) is 3.32. The predicted octanol–water partition coefficient (Wildman–Crippen LogP) is 2.44. The highest BCUT2D eigenvalue weighted by atomic mass is 19.4. The van der Waals surface area contributed by atoms with Crippen molar-refractivity contribution in [1.29, 1.82) is 0 Å². The van der Waals surface area contributed by atoms with Gasteiger partial charge in [-0.15, -0.1) is 0 Å². The second kappa shape index (κ2) is 4.87. The third-order valence-electron chi connectivity index (χ3n) is 4.05. The zero-order chi connectivity index (χ0) is 14.3. The zero-order valence-electron chi connectivity index (χ0n) is 10.8. The molecule has 0 spiro atoms. The van der Waals surface area contributed by atoms with Crippen LogP contribution in [-0.4, -0.2) is 47.8 Å². The largest absolute Gasteiger partial charge is 0.401 e. The average Bonchev–Trinajstić information content (AvgIpc) is 2.60. The van der Waals surface area contributed by atoms with E-state index in [4.69, 9.17) is 0 Å². The summed E-state index contributed by atoms with van der Waals surface area (Å²) in [5.41, 5.74) is 0.647. The minimum Gasteiger partial charge on any atom is -0.367 e. The number of alkyl halides is 3. The number of piperazine rings is 1. The third kappa shape index (κ3) is 2.72. The molecule has 2 bridgehead atoms. The average molecular weight is 289 g/mol. The maximum Gasteiger partial charge on any atom is 0.401 e. The minimum absolute atomic E-state index is 0.112. The van der Waals surface area contributed by atoms with Gasteiger partial charge in [0.25, 0.3) is 0 Å². The molecule has 3 nitrogen and oxygen atoms in total. The number of fused-ring (bicyclic) bond motifs is 2. The van der Waals surface area contributed by atoms with Crippen LogP contribution in [0.3, 0.4) is 0 Å². The van der Waals surface area contributed by atoms with Gasteiger partial charge in [-0.05, 0) is 12.8 Å². The lowest BCUT2D eigenvalue weighted by Crippen LogP contribution is -2.56. The lowest BCUT2D eigenvalue weighted by Gasteiger charge is -2.42. The second-order valence-electron chi connectivity index (χ2n) is 5.44. The lowest BCUT2D eigenvalue weighted by atomic mass is 10.1. The molecule has 0 amide bonds. The normalized spacial score (nSPS) is 27.1. The highest BCUT2D eigenvalue weighted by Gasteiger charge is 2.44. The van der Waals surface area contributed by atoms with E-state index >= 15 is 0 Å². The van der Waals surface area contributed by atoms with Crippen LogP contribution in [0.15, 0.2) is 18.5 Å². The molecule has 0 N–H and O–H groups in total. The van der Waals surface area contributed by atoms with Crippen molar-refractivity contribution in [2.24, 2.45) is 0 Å². The quantitative estimate of drug-likeness (QED) is 0.780. The fourth-order valence-electron chi connectivity index (χ4n) is 3.24. The second-order valence-corrected chi connectivity index (χ2v) is 5.44. The maximum atomic E-state index is 13.2. The van der Waals surface area contributed by atoms with Gasteiger partial charge in [0.1, 0.15) is 5.82 Å². The summed E-state index contributed by atoms with van der Waals surface area (Å²) < 4.78 is 50.9. The van der Waals surface area contributed by atoms with Gasteiger partial charge < -0.3 is 4.90 Å². The molecule has 2 atom stereocenters. The van der Waals surface area contributed by atoms with Crippen molar-refractivity contribution in [3.05, 3.63) is 24.3 Å². The molecule has 2 aliphatic rings. The summed E-state index contributed by atoms with van der Waals surface area (Å²) in [7, 11) is 0. The van der Waals surface area contributed by atoms with Gasteiger partial charge in [0.2, 0.25) is 0 Å². The number of halogens is 4. The summed E-state index contributed by atoms with van der Waals surface area (Å²) in [4.78, 5) is 7.28. The van der Waals surface area contributed by atoms with Crippen molar-refractivity contribution in [2.45, 2.75) is 31.1 Å². The molecule has 0 aliphatic carbocycles. The van der Waals surface area contributed by atoms with Crippen LogP contribution in [0.2, 0.25) is 0 Å². The molecule has 0 aromatic carbocycles. The number of hydrogen-bond donors (Lipinski definition) is 0. The summed E-state index contributed by atoms with van der Waals surface area (Å²) in [6.07, 6.45) is 0.0450. The topological polar surface area (TPSA) is 19.4 Å². The summed E-state index contributed by atoms with van der Waals surface area (Å²) in [5, 5.41) is 0. The van der Waals surface area contributed by atoms with E-state index in [2.05, 4.69) is 4.98 Å². The summed E-state index contributed by atoms with van der Waals surface area (Å²) in [6.45, 7) is 0.146. The molecule has 0 saturated carbocycles. The molecule has 2 aliphatic heterocycles. The number of nitrogens with zero attached hydrogens (tertiary/aromatic N) is 3. The number of rotatable bonds is 2. The maximum absolute atomic E-state index is 13.2. The SMILES string of the molecule is Fc1cncc(N2CC3CCC(C2)N3CC(F)(F)F)c1. The predicted molar refractivity (Wildman–Crippen MR) is 66.0 cm³/mol. The van der Waals surface area contributed by atoms with Crippen LogP contribution < -0.4 is 4.90 Å². The molecule has 2 fully saturated rings. The van der Waals surface area contributed by atoms with E-state index in [9.17, 15) is 17.6 Å². The van der Waals surface area contributed by atoms with Crippen LogP contribution in [0.25, 0.3) is 0 Å². The number of hydrogen-bond acceptors (Lipinski definition) is 3. The van der Waals surface area contributed by atoms with Gasteiger partial charge in [-0.1, -0.05) is 0 Å². The fourth-order valence-corrected chi connectivity index (χ4v) is 3.24. The van der Waals surface area contributed by atoms with Crippen molar-refractivity contribution in [2.75, 3.05) is 24.5 Å². The Morgan fingerprint density at radius 2 is 1.80 bits per heavy atom. The van der Waals surface area contributed by atoms with Crippen LogP contribution in [0.1, 0.15) is 12.8 Å². The van der Waals surface area contributed by atoms with Crippen molar-refractivity contribution in [1.82, 2.24) is 9.88 Å². The van der Waals surface area contributed by atoms with Gasteiger partial charge in [-0.3, -0.25) is 9.88 Å². The van der Waals surface area contributed by atoms with Crippen molar-refractivity contribution in [3.8, 4) is 0 Å². The first kappa shape index (κ1) is 13.6. The van der Waals surface area contributed by atoms with Crippen LogP contribution in [0.5, 0.6) is 0 Å². The molecule has 0 radical (unpaired) electrons. The Balaban J connectivity index is 1.73. The van der Waals surface area contributed by atoms with Gasteiger partial charge in [-0.2, -0.15) is 13.2 Å². The molecule has 3 heterocycles. The van der Waals surface area contributed by atoms with Crippen LogP contribution >= 0.6 is 0 Å². The van der Waals surface area contributed by atoms with Crippen molar-refractivity contribution >= 4 is 5.69 Å². The van der Waals surface area contributed by atoms with Gasteiger partial charge >= 0.3 is 6.18 Å². The standard InChI is InChI=1S/C13H15F4N3/c14-9-3-12(5-18-4-9)19-6-10-1-2-11(7-19)20(10)8-13(15,16)17/h3-5,10-11H,1-2,6-8H2. The van der Waals surface area contributed by atoms with Crippen LogP contribution in [-0.2, 0) is 0 Å². The minimum atomic E-state index is -4.16. The molecule has 110 valence electrons. The van der Waals surface area contributed by atoms with E-state index in [1.165, 1.54) is 6.07 Å². The van der Waals surface area contributed by atoms with Gasteiger partial charge in [0, 0.05) is 31.2 Å². The first-order valence-corrected chi connectivity index (χ1v) is 6.60. The molecular weight excluding hydrogens is 274 g/mol. The fraction of sp³-hybridized carbons (Fsp3) is 0.615. The summed E-state index contributed by atoms with van der Waals surface area (Å²) in [5.74, 6) is -0.424. The lowest BCUT2D eigenvalue weighted by molar-refractivity contribution is -0.153. The number of anilines is 1. The molecular formula is C13H15F4N3. The number of pyridine rings is 1. The van der Waals surface area contributed by atoms with E-state index in [1.54, 1.807) is 11.1 Å². The van der Waals surface area contributed by atoms with Crippen molar-refractivity contribution in [3.63, 3.8) is 0 Å². The highest BCUT2D eigenvalue weighted by Crippen LogP contribution is 2.34. The Bertz CT molecular complexity index is 477. The van der Waals surface area contributed by atoms with Crippen LogP contribution in [0.4, 0.5) is 23.2 Å². The first-order chi connectivity index (χ1) is 9.42. The van der Waals surface area contributed by atoms with Crippen molar-refractivity contribution < 1.29 is 17.6 Å². The zero-order valence-corrected chi connectivity index (χ0v) is 10.8.